The van der Waals surface area contributed by atoms with Crippen LogP contribution in [0.4, 0.5) is 0 Å². The smallest absolute Gasteiger partial charge is 0.0537 e. The number of aliphatic hydroxyl groups excluding tert-OH is 1. The van der Waals surface area contributed by atoms with Crippen molar-refractivity contribution in [1.29, 1.82) is 0 Å². The third kappa shape index (κ3) is 17.9. The molecule has 0 aliphatic rings. The van der Waals surface area contributed by atoms with Crippen LogP contribution >= 0.6 is 0 Å². The van der Waals surface area contributed by atoms with Crippen molar-refractivity contribution in [3.8, 4) is 0 Å². The Morgan fingerprint density at radius 3 is 1.79 bits per heavy atom. The molecule has 1 heteroatoms. The monoisotopic (exact) mass is 202 g/mol. The van der Waals surface area contributed by atoms with Crippen molar-refractivity contribution in [3.63, 3.8) is 0 Å². The van der Waals surface area contributed by atoms with E-state index >= 15 is 0 Å². The highest BCUT2D eigenvalue weighted by atomic mass is 16.3. The summed E-state index contributed by atoms with van der Waals surface area (Å²) in [5.41, 5.74) is 0. The van der Waals surface area contributed by atoms with Gasteiger partial charge in [-0.2, -0.15) is 0 Å². The highest BCUT2D eigenvalue weighted by Gasteiger charge is 1.98. The summed E-state index contributed by atoms with van der Waals surface area (Å²) in [7, 11) is 0. The van der Waals surface area contributed by atoms with Gasteiger partial charge in [0, 0.05) is 0 Å². The molecule has 0 heterocycles. The van der Waals surface area contributed by atoms with Crippen LogP contribution in [-0.4, -0.2) is 11.2 Å². The largest absolute Gasteiger partial charge is 0.393 e. The first-order valence-electron chi connectivity index (χ1n) is 6.40. The Labute approximate surface area is 90.9 Å². The van der Waals surface area contributed by atoms with Crippen LogP contribution in [0.2, 0.25) is 0 Å². The minimum Gasteiger partial charge on any atom is -0.393 e. The molecule has 0 rings (SSSR count). The molecule has 0 aliphatic carbocycles. The van der Waals surface area contributed by atoms with Crippen LogP contribution in [0.1, 0.15) is 79.1 Å². The van der Waals surface area contributed by atoms with Gasteiger partial charge in [-0.25, -0.2) is 0 Å². The fourth-order valence-corrected chi connectivity index (χ4v) is 1.19. The fraction of sp³-hybridized carbons (Fsp3) is 1.00. The molecular formula is C13H30O. The summed E-state index contributed by atoms with van der Waals surface area (Å²) in [5.74, 6) is 0. The van der Waals surface area contributed by atoms with E-state index in [9.17, 15) is 5.11 Å². The van der Waals surface area contributed by atoms with Gasteiger partial charge in [-0.1, -0.05) is 66.2 Å². The van der Waals surface area contributed by atoms with E-state index in [1.54, 1.807) is 0 Å². The Bertz CT molecular complexity index is 81.3. The molecule has 1 nitrogen and oxygen atoms in total. The summed E-state index contributed by atoms with van der Waals surface area (Å²) >= 11 is 0. The lowest BCUT2D eigenvalue weighted by atomic mass is 10.1. The van der Waals surface area contributed by atoms with Gasteiger partial charge in [-0.3, -0.25) is 0 Å². The molecule has 1 N–H and O–H groups in total. The van der Waals surface area contributed by atoms with Crippen LogP contribution in [0.15, 0.2) is 0 Å². The zero-order chi connectivity index (χ0) is 11.2. The summed E-state index contributed by atoms with van der Waals surface area (Å²) in [6.45, 7) is 8.51. The van der Waals surface area contributed by atoms with Gasteiger partial charge >= 0.3 is 0 Å². The second-order valence-electron chi connectivity index (χ2n) is 3.97. The molecule has 0 fully saturated rings. The van der Waals surface area contributed by atoms with Crippen LogP contribution in [0.25, 0.3) is 0 Å². The summed E-state index contributed by atoms with van der Waals surface area (Å²) in [4.78, 5) is 0. The van der Waals surface area contributed by atoms with E-state index in [0.717, 1.165) is 12.8 Å². The molecular weight excluding hydrogens is 172 g/mol. The van der Waals surface area contributed by atoms with Gasteiger partial charge in [0.25, 0.3) is 0 Å². The van der Waals surface area contributed by atoms with Gasteiger partial charge < -0.3 is 5.11 Å². The predicted molar refractivity (Wildman–Crippen MR) is 65.6 cm³/mol. The Hall–Kier alpha value is -0.0400. The molecule has 0 saturated heterocycles. The highest BCUT2D eigenvalue weighted by molar-refractivity contribution is 4.52. The topological polar surface area (TPSA) is 20.2 Å². The maximum Gasteiger partial charge on any atom is 0.0537 e. The molecule has 1 atom stereocenters. The lowest BCUT2D eigenvalue weighted by Crippen LogP contribution is -2.03. The summed E-state index contributed by atoms with van der Waals surface area (Å²) < 4.78 is 0. The maximum atomic E-state index is 9.21. The van der Waals surface area contributed by atoms with Crippen LogP contribution in [0.3, 0.4) is 0 Å². The molecule has 0 bridgehead atoms. The van der Waals surface area contributed by atoms with Crippen LogP contribution in [-0.2, 0) is 0 Å². The van der Waals surface area contributed by atoms with Crippen LogP contribution in [0.5, 0.6) is 0 Å². The van der Waals surface area contributed by atoms with E-state index in [-0.39, 0.29) is 6.10 Å². The summed E-state index contributed by atoms with van der Waals surface area (Å²) in [5, 5.41) is 9.21. The first-order chi connectivity index (χ1) is 6.72. The molecule has 0 aromatic heterocycles. The third-order valence-electron chi connectivity index (χ3n) is 2.11. The second kappa shape index (κ2) is 15.4. The second-order valence-corrected chi connectivity index (χ2v) is 3.97. The lowest BCUT2D eigenvalue weighted by molar-refractivity contribution is 0.156. The highest BCUT2D eigenvalue weighted by Crippen LogP contribution is 2.08. The van der Waals surface area contributed by atoms with Crippen molar-refractivity contribution >= 4 is 0 Å². The van der Waals surface area contributed by atoms with Crippen molar-refractivity contribution in [2.45, 2.75) is 85.2 Å². The molecule has 88 valence electrons. The standard InChI is InChI=1S/C10H22O.C3H8/c1-3-5-6-7-8-9-10(11)4-2;1-3-2/h10-11H,3-9H2,1-2H3;3H2,1-2H3. The minimum absolute atomic E-state index is 0.0448. The first-order valence-corrected chi connectivity index (χ1v) is 6.40. The fourth-order valence-electron chi connectivity index (χ4n) is 1.19. The molecule has 1 unspecified atom stereocenters. The molecule has 0 spiro atoms. The van der Waals surface area contributed by atoms with Gasteiger partial charge in [0.15, 0.2) is 0 Å². The van der Waals surface area contributed by atoms with E-state index in [2.05, 4.69) is 20.8 Å². The Morgan fingerprint density at radius 2 is 1.36 bits per heavy atom. The quantitative estimate of drug-likeness (QED) is 0.601. The van der Waals surface area contributed by atoms with Gasteiger partial charge in [0.2, 0.25) is 0 Å². The van der Waals surface area contributed by atoms with E-state index in [1.165, 1.54) is 38.5 Å². The zero-order valence-corrected chi connectivity index (χ0v) is 10.7. The average Bonchev–Trinajstić information content (AvgIpc) is 2.18. The maximum absolute atomic E-state index is 9.21. The molecule has 14 heavy (non-hydrogen) atoms. The van der Waals surface area contributed by atoms with Crippen molar-refractivity contribution < 1.29 is 5.11 Å². The number of hydrogen-bond donors (Lipinski definition) is 1. The van der Waals surface area contributed by atoms with Gasteiger partial charge in [0.05, 0.1) is 6.10 Å². The number of hydrogen-bond acceptors (Lipinski definition) is 1. The molecule has 0 aromatic carbocycles. The third-order valence-corrected chi connectivity index (χ3v) is 2.11. The van der Waals surface area contributed by atoms with Crippen molar-refractivity contribution in [3.05, 3.63) is 0 Å². The Balaban J connectivity index is 0. The average molecular weight is 202 g/mol. The van der Waals surface area contributed by atoms with Crippen LogP contribution in [0, 0.1) is 0 Å². The Morgan fingerprint density at radius 1 is 0.857 bits per heavy atom. The van der Waals surface area contributed by atoms with Crippen molar-refractivity contribution in [1.82, 2.24) is 0 Å². The van der Waals surface area contributed by atoms with Gasteiger partial charge in [0.1, 0.15) is 0 Å². The molecule has 0 amide bonds. The first kappa shape index (κ1) is 16.4. The molecule has 0 radical (unpaired) electrons. The summed E-state index contributed by atoms with van der Waals surface area (Å²) in [6.07, 6.45) is 9.61. The van der Waals surface area contributed by atoms with Crippen molar-refractivity contribution in [2.24, 2.45) is 0 Å². The van der Waals surface area contributed by atoms with Crippen molar-refractivity contribution in [2.75, 3.05) is 0 Å². The number of rotatable bonds is 7. The predicted octanol–water partition coefficient (Wildman–Crippen LogP) is 4.53. The summed E-state index contributed by atoms with van der Waals surface area (Å²) in [6, 6.07) is 0. The Kier molecular flexibility index (Phi) is 18.1. The minimum atomic E-state index is -0.0448. The van der Waals surface area contributed by atoms with E-state index < -0.39 is 0 Å². The van der Waals surface area contributed by atoms with E-state index in [0.29, 0.717) is 0 Å². The van der Waals surface area contributed by atoms with Crippen LogP contribution < -0.4 is 0 Å². The zero-order valence-electron chi connectivity index (χ0n) is 10.7. The number of unbranched alkanes of at least 4 members (excludes halogenated alkanes) is 4. The van der Waals surface area contributed by atoms with Gasteiger partial charge in [-0.15, -0.1) is 0 Å². The van der Waals surface area contributed by atoms with Gasteiger partial charge in [-0.05, 0) is 12.8 Å². The lowest BCUT2D eigenvalue weighted by Gasteiger charge is -2.05. The normalized spacial score (nSPS) is 11.8. The van der Waals surface area contributed by atoms with E-state index in [1.807, 2.05) is 6.92 Å². The number of aliphatic hydroxyl groups is 1. The SMILES string of the molecule is CCC.CCCCCCCC(O)CC. The molecule has 0 aliphatic heterocycles. The molecule has 0 aromatic rings. The van der Waals surface area contributed by atoms with E-state index in [4.69, 9.17) is 0 Å². The molecule has 0 saturated carbocycles.